The Balaban J connectivity index is 1.72. The van der Waals surface area contributed by atoms with Gasteiger partial charge in [0.15, 0.2) is 0 Å². The van der Waals surface area contributed by atoms with E-state index in [4.69, 9.17) is 0 Å². The van der Waals surface area contributed by atoms with Crippen molar-refractivity contribution in [3.8, 4) is 0 Å². The molecule has 0 fully saturated rings. The van der Waals surface area contributed by atoms with Gasteiger partial charge in [0.1, 0.15) is 6.04 Å². The Kier molecular flexibility index (Phi) is 5.93. The normalized spacial score (nSPS) is 11.8. The molecule has 1 atom stereocenters. The lowest BCUT2D eigenvalue weighted by atomic mass is 10.1. The van der Waals surface area contributed by atoms with Gasteiger partial charge in [-0.2, -0.15) is 0 Å². The number of benzene rings is 2. The average molecular weight is 379 g/mol. The number of aromatic nitrogens is 2. The molecule has 1 aromatic heterocycles. The summed E-state index contributed by atoms with van der Waals surface area (Å²) in [6, 6.07) is 14.2. The van der Waals surface area contributed by atoms with E-state index in [2.05, 4.69) is 20.6 Å². The number of nitrogens with zero attached hydrogens (tertiary/aromatic N) is 2. The van der Waals surface area contributed by atoms with Crippen LogP contribution in [0.2, 0.25) is 0 Å². The molecule has 0 saturated carbocycles. The fourth-order valence-electron chi connectivity index (χ4n) is 2.94. The summed E-state index contributed by atoms with van der Waals surface area (Å²) in [6.07, 6.45) is 1.29. The summed E-state index contributed by atoms with van der Waals surface area (Å²) >= 11 is 0. The molecule has 1 heterocycles. The minimum absolute atomic E-state index is 0.276. The first-order valence-electron chi connectivity index (χ1n) is 9.31. The highest BCUT2D eigenvalue weighted by Crippen LogP contribution is 2.15. The third-order valence-electron chi connectivity index (χ3n) is 4.45. The summed E-state index contributed by atoms with van der Waals surface area (Å²) in [5.74, 6) is -0.198. The van der Waals surface area contributed by atoms with Gasteiger partial charge in [0.25, 0.3) is 5.91 Å². The fourth-order valence-corrected chi connectivity index (χ4v) is 2.94. The van der Waals surface area contributed by atoms with Crippen LogP contribution in [0.4, 0.5) is 11.6 Å². The van der Waals surface area contributed by atoms with Crippen molar-refractivity contribution in [1.29, 1.82) is 0 Å². The molecule has 3 rings (SSSR count). The van der Waals surface area contributed by atoms with Gasteiger partial charge in [-0.05, 0) is 36.8 Å². The molecule has 2 aromatic carbocycles. The highest BCUT2D eigenvalue weighted by Gasteiger charge is 2.22. The van der Waals surface area contributed by atoms with E-state index in [1.165, 1.54) is 0 Å². The van der Waals surface area contributed by atoms with Gasteiger partial charge in [0.2, 0.25) is 11.9 Å². The molecule has 0 aliphatic rings. The summed E-state index contributed by atoms with van der Waals surface area (Å²) in [7, 11) is 3.83. The number of hydrogen-bond donors (Lipinski definition) is 3. The number of H-pyrrole nitrogens is 1. The molecule has 2 amide bonds. The van der Waals surface area contributed by atoms with Crippen molar-refractivity contribution >= 4 is 34.5 Å². The number of aromatic amines is 1. The number of nitrogens with one attached hydrogen (secondary N) is 3. The molecule has 3 aromatic rings. The van der Waals surface area contributed by atoms with Crippen molar-refractivity contribution in [2.45, 2.75) is 25.8 Å². The monoisotopic (exact) mass is 379 g/mol. The Morgan fingerprint density at radius 2 is 1.93 bits per heavy atom. The first kappa shape index (κ1) is 19.4. The van der Waals surface area contributed by atoms with E-state index in [-0.39, 0.29) is 11.8 Å². The summed E-state index contributed by atoms with van der Waals surface area (Å²) in [5.41, 5.74) is 3.05. The highest BCUT2D eigenvalue weighted by molar-refractivity contribution is 6.01. The minimum Gasteiger partial charge on any atom is -0.378 e. The van der Waals surface area contributed by atoms with Gasteiger partial charge in [-0.3, -0.25) is 14.9 Å². The standard InChI is InChI=1S/C21H25N5O2/c1-4-8-18(22-19(27)14-9-7-10-15(13-14)26(2)3)20(28)25-21-23-16-11-5-6-12-17(16)24-21/h5-7,9-13,18H,4,8H2,1-3H3,(H,22,27)(H2,23,24,25,28). The number of carbonyl (C=O) groups excluding carboxylic acids is 2. The van der Waals surface area contributed by atoms with Crippen LogP contribution in [0, 0.1) is 0 Å². The minimum atomic E-state index is -0.645. The first-order chi connectivity index (χ1) is 13.5. The van der Waals surface area contributed by atoms with Gasteiger partial charge in [0, 0.05) is 25.3 Å². The summed E-state index contributed by atoms with van der Waals surface area (Å²) in [5, 5.41) is 5.62. The number of anilines is 2. The van der Waals surface area contributed by atoms with E-state index in [0.717, 1.165) is 23.1 Å². The molecule has 3 N–H and O–H groups in total. The lowest BCUT2D eigenvalue weighted by molar-refractivity contribution is -0.118. The molecule has 146 valence electrons. The van der Waals surface area contributed by atoms with Gasteiger partial charge in [-0.15, -0.1) is 0 Å². The molecule has 0 saturated heterocycles. The van der Waals surface area contributed by atoms with Crippen molar-refractivity contribution in [3.63, 3.8) is 0 Å². The van der Waals surface area contributed by atoms with Crippen molar-refractivity contribution in [1.82, 2.24) is 15.3 Å². The van der Waals surface area contributed by atoms with E-state index >= 15 is 0 Å². The van der Waals surface area contributed by atoms with E-state index in [1.54, 1.807) is 12.1 Å². The van der Waals surface area contributed by atoms with E-state index in [9.17, 15) is 9.59 Å². The van der Waals surface area contributed by atoms with E-state index in [0.29, 0.717) is 17.9 Å². The number of para-hydroxylation sites is 2. The molecule has 0 radical (unpaired) electrons. The third-order valence-corrected chi connectivity index (χ3v) is 4.45. The third kappa shape index (κ3) is 4.49. The summed E-state index contributed by atoms with van der Waals surface area (Å²) in [4.78, 5) is 34.7. The molecular weight excluding hydrogens is 354 g/mol. The van der Waals surface area contributed by atoms with Gasteiger partial charge in [0.05, 0.1) is 11.0 Å². The zero-order valence-electron chi connectivity index (χ0n) is 16.3. The van der Waals surface area contributed by atoms with E-state index < -0.39 is 6.04 Å². The van der Waals surface area contributed by atoms with Crippen LogP contribution in [0.15, 0.2) is 48.5 Å². The van der Waals surface area contributed by atoms with Crippen molar-refractivity contribution in [2.24, 2.45) is 0 Å². The van der Waals surface area contributed by atoms with Crippen LogP contribution in [0.3, 0.4) is 0 Å². The molecule has 1 unspecified atom stereocenters. The van der Waals surface area contributed by atoms with Crippen molar-refractivity contribution in [3.05, 3.63) is 54.1 Å². The molecule has 0 bridgehead atoms. The Bertz CT molecular complexity index is 947. The highest BCUT2D eigenvalue weighted by atomic mass is 16.2. The fraction of sp³-hybridized carbons (Fsp3) is 0.286. The number of fused-ring (bicyclic) bond motifs is 1. The molecule has 0 aliphatic carbocycles. The van der Waals surface area contributed by atoms with Crippen LogP contribution < -0.4 is 15.5 Å². The lowest BCUT2D eigenvalue weighted by Gasteiger charge is -2.18. The average Bonchev–Trinajstić information content (AvgIpc) is 3.09. The summed E-state index contributed by atoms with van der Waals surface area (Å²) < 4.78 is 0. The number of carbonyl (C=O) groups is 2. The van der Waals surface area contributed by atoms with Crippen LogP contribution in [-0.2, 0) is 4.79 Å². The second-order valence-corrected chi connectivity index (χ2v) is 6.85. The number of amides is 2. The van der Waals surface area contributed by atoms with Crippen LogP contribution in [0.5, 0.6) is 0 Å². The quantitative estimate of drug-likeness (QED) is 0.588. The SMILES string of the molecule is CCCC(NC(=O)c1cccc(N(C)C)c1)C(=O)Nc1nc2ccccc2[nH]1. The van der Waals surface area contributed by atoms with Gasteiger partial charge >= 0.3 is 0 Å². The zero-order valence-corrected chi connectivity index (χ0v) is 16.3. The molecule has 7 heteroatoms. The number of imidazole rings is 1. The molecule has 7 nitrogen and oxygen atoms in total. The predicted molar refractivity (Wildman–Crippen MR) is 112 cm³/mol. The van der Waals surface area contributed by atoms with Crippen LogP contribution in [0.25, 0.3) is 11.0 Å². The largest absolute Gasteiger partial charge is 0.378 e. The summed E-state index contributed by atoms with van der Waals surface area (Å²) in [6.45, 7) is 1.97. The van der Waals surface area contributed by atoms with Gasteiger partial charge in [-0.25, -0.2) is 4.98 Å². The van der Waals surface area contributed by atoms with Crippen molar-refractivity contribution in [2.75, 3.05) is 24.3 Å². The zero-order chi connectivity index (χ0) is 20.1. The Morgan fingerprint density at radius 3 is 2.64 bits per heavy atom. The maximum atomic E-state index is 12.7. The Morgan fingerprint density at radius 1 is 1.14 bits per heavy atom. The molecule has 0 spiro atoms. The molecular formula is C21H25N5O2. The Labute approximate surface area is 164 Å². The lowest BCUT2D eigenvalue weighted by Crippen LogP contribution is -2.43. The molecule has 0 aliphatic heterocycles. The first-order valence-corrected chi connectivity index (χ1v) is 9.31. The molecule has 28 heavy (non-hydrogen) atoms. The van der Waals surface area contributed by atoms with Gasteiger partial charge < -0.3 is 15.2 Å². The topological polar surface area (TPSA) is 90.1 Å². The second-order valence-electron chi connectivity index (χ2n) is 6.85. The number of hydrogen-bond acceptors (Lipinski definition) is 4. The maximum Gasteiger partial charge on any atom is 0.252 e. The maximum absolute atomic E-state index is 12.7. The number of rotatable bonds is 7. The van der Waals surface area contributed by atoms with Gasteiger partial charge in [-0.1, -0.05) is 31.5 Å². The Hall–Kier alpha value is -3.35. The van der Waals surface area contributed by atoms with Crippen LogP contribution >= 0.6 is 0 Å². The van der Waals surface area contributed by atoms with Crippen LogP contribution in [-0.4, -0.2) is 41.9 Å². The van der Waals surface area contributed by atoms with Crippen LogP contribution in [0.1, 0.15) is 30.1 Å². The van der Waals surface area contributed by atoms with Crippen molar-refractivity contribution < 1.29 is 9.59 Å². The second kappa shape index (κ2) is 8.56. The van der Waals surface area contributed by atoms with E-state index in [1.807, 2.05) is 62.3 Å². The smallest absolute Gasteiger partial charge is 0.252 e. The predicted octanol–water partition coefficient (Wildman–Crippen LogP) is 3.17.